The summed E-state index contributed by atoms with van der Waals surface area (Å²) in [7, 11) is 2.42. The molecule has 1 aromatic carbocycles. The maximum atomic E-state index is 13.1. The fraction of sp³-hybridized carbons (Fsp3) is 0.500. The predicted octanol–water partition coefficient (Wildman–Crippen LogP) is 1.26. The van der Waals surface area contributed by atoms with Crippen molar-refractivity contribution < 1.29 is 22.7 Å². The lowest BCUT2D eigenvalue weighted by molar-refractivity contribution is -0.110. The number of pyridine rings is 1. The molecule has 1 amide bonds. The van der Waals surface area contributed by atoms with Gasteiger partial charge in [0.2, 0.25) is 15.5 Å². The van der Waals surface area contributed by atoms with E-state index < -0.39 is 27.6 Å². The Bertz CT molecular complexity index is 1070. The normalized spacial score (nSPS) is 12.1. The van der Waals surface area contributed by atoms with Crippen LogP contribution in [0.5, 0.6) is 0 Å². The second kappa shape index (κ2) is 9.69. The number of aryl methyl sites for hydroxylation is 1. The molecule has 0 radical (unpaired) electrons. The second-order valence-corrected chi connectivity index (χ2v) is 8.78. The van der Waals surface area contributed by atoms with Crippen molar-refractivity contribution >= 4 is 26.8 Å². The first-order chi connectivity index (χ1) is 14.1. The molecule has 0 aliphatic rings. The Kier molecular flexibility index (Phi) is 7.75. The molecule has 1 heterocycles. The van der Waals surface area contributed by atoms with Crippen molar-refractivity contribution in [2.75, 3.05) is 40.9 Å². The maximum Gasteiger partial charge on any atom is 0.259 e. The van der Waals surface area contributed by atoms with Crippen molar-refractivity contribution in [1.82, 2.24) is 13.8 Å². The Labute approximate surface area is 176 Å². The first-order valence-corrected chi connectivity index (χ1v) is 11.0. The van der Waals surface area contributed by atoms with Gasteiger partial charge in [0.25, 0.3) is 5.91 Å². The number of fused-ring (bicyclic) bond motifs is 1. The molecule has 0 saturated carbocycles. The summed E-state index contributed by atoms with van der Waals surface area (Å²) in [5.74, 6) is -0.506. The van der Waals surface area contributed by atoms with E-state index in [0.29, 0.717) is 18.6 Å². The number of carbonyl (C=O) groups is 1. The van der Waals surface area contributed by atoms with Crippen LogP contribution in [0.3, 0.4) is 0 Å². The summed E-state index contributed by atoms with van der Waals surface area (Å²) in [5.41, 5.74) is -0.0527. The van der Waals surface area contributed by atoms with Crippen LogP contribution in [0.2, 0.25) is 0 Å². The van der Waals surface area contributed by atoms with Crippen molar-refractivity contribution in [1.29, 1.82) is 0 Å². The SMILES string of the molecule is CCN(CC)S(=O)(=O)c1ccc2c(c1)c(=O)c(C(=O)N(C)CC(OC)OC)cn2C. The third kappa shape index (κ3) is 4.56. The smallest absolute Gasteiger partial charge is 0.259 e. The topological polar surface area (TPSA) is 98.2 Å². The number of hydrogen-bond donors (Lipinski definition) is 0. The summed E-state index contributed by atoms with van der Waals surface area (Å²) < 4.78 is 38.9. The summed E-state index contributed by atoms with van der Waals surface area (Å²) in [6, 6.07) is 4.40. The van der Waals surface area contributed by atoms with Crippen LogP contribution >= 0.6 is 0 Å². The molecule has 0 atom stereocenters. The molecule has 2 rings (SSSR count). The van der Waals surface area contributed by atoms with Gasteiger partial charge in [-0.15, -0.1) is 0 Å². The molecule has 0 unspecified atom stereocenters. The zero-order valence-electron chi connectivity index (χ0n) is 18.2. The van der Waals surface area contributed by atoms with Gasteiger partial charge in [-0.3, -0.25) is 9.59 Å². The number of rotatable bonds is 9. The van der Waals surface area contributed by atoms with E-state index in [1.165, 1.54) is 48.8 Å². The number of ether oxygens (including phenoxy) is 2. The van der Waals surface area contributed by atoms with E-state index >= 15 is 0 Å². The van der Waals surface area contributed by atoms with Crippen molar-refractivity contribution in [2.45, 2.75) is 25.0 Å². The lowest BCUT2D eigenvalue weighted by atomic mass is 10.1. The van der Waals surface area contributed by atoms with Crippen LogP contribution in [0.1, 0.15) is 24.2 Å². The molecular formula is C20H29N3O6S. The van der Waals surface area contributed by atoms with Crippen LogP contribution < -0.4 is 5.43 Å². The minimum absolute atomic E-state index is 0.0209. The third-order valence-corrected chi connectivity index (χ3v) is 7.07. The molecule has 10 heteroatoms. The highest BCUT2D eigenvalue weighted by Gasteiger charge is 2.24. The second-order valence-electron chi connectivity index (χ2n) is 6.84. The molecule has 0 aliphatic carbocycles. The Morgan fingerprint density at radius 2 is 1.77 bits per heavy atom. The molecular weight excluding hydrogens is 410 g/mol. The highest BCUT2D eigenvalue weighted by atomic mass is 32.2. The Balaban J connectivity index is 2.59. The largest absolute Gasteiger partial charge is 0.354 e. The molecule has 0 fully saturated rings. The van der Waals surface area contributed by atoms with E-state index in [4.69, 9.17) is 9.47 Å². The molecule has 0 saturated heterocycles. The summed E-state index contributed by atoms with van der Waals surface area (Å²) in [5, 5.41) is 0.167. The number of nitrogens with zero attached hydrogens (tertiary/aromatic N) is 3. The van der Waals surface area contributed by atoms with Crippen molar-refractivity contribution in [3.63, 3.8) is 0 Å². The zero-order valence-corrected chi connectivity index (χ0v) is 19.0. The van der Waals surface area contributed by atoms with Crippen LogP contribution in [-0.4, -0.2) is 75.3 Å². The fourth-order valence-corrected chi connectivity index (χ4v) is 4.74. The maximum absolute atomic E-state index is 13.1. The number of sulfonamides is 1. The van der Waals surface area contributed by atoms with Gasteiger partial charge in [0.1, 0.15) is 5.56 Å². The van der Waals surface area contributed by atoms with Crippen LogP contribution in [0.4, 0.5) is 0 Å². The molecule has 0 N–H and O–H groups in total. The molecule has 166 valence electrons. The van der Waals surface area contributed by atoms with Crippen LogP contribution in [0.25, 0.3) is 10.9 Å². The van der Waals surface area contributed by atoms with Crippen molar-refractivity contribution in [3.05, 3.63) is 40.2 Å². The molecule has 0 aliphatic heterocycles. The van der Waals surface area contributed by atoms with Crippen LogP contribution in [-0.2, 0) is 26.5 Å². The van der Waals surface area contributed by atoms with Gasteiger partial charge < -0.3 is 18.9 Å². The molecule has 0 bridgehead atoms. The van der Waals surface area contributed by atoms with E-state index in [9.17, 15) is 18.0 Å². The van der Waals surface area contributed by atoms with Crippen molar-refractivity contribution in [3.8, 4) is 0 Å². The first-order valence-electron chi connectivity index (χ1n) is 9.56. The van der Waals surface area contributed by atoms with Gasteiger partial charge in [0.15, 0.2) is 6.29 Å². The molecule has 0 spiro atoms. The highest BCUT2D eigenvalue weighted by molar-refractivity contribution is 7.89. The zero-order chi connectivity index (χ0) is 22.6. The fourth-order valence-electron chi connectivity index (χ4n) is 3.25. The number of likely N-dealkylation sites (N-methyl/N-ethyl adjacent to an activating group) is 1. The number of aromatic nitrogens is 1. The van der Waals surface area contributed by atoms with Crippen molar-refractivity contribution in [2.24, 2.45) is 7.05 Å². The average molecular weight is 440 g/mol. The number of benzene rings is 1. The van der Waals surface area contributed by atoms with Crippen LogP contribution in [0, 0.1) is 0 Å². The van der Waals surface area contributed by atoms with E-state index in [-0.39, 0.29) is 22.4 Å². The van der Waals surface area contributed by atoms with E-state index in [1.54, 1.807) is 31.5 Å². The Hall–Kier alpha value is -2.27. The van der Waals surface area contributed by atoms with E-state index in [1.807, 2.05) is 0 Å². The van der Waals surface area contributed by atoms with Gasteiger partial charge in [0.05, 0.1) is 17.0 Å². The number of methoxy groups -OCH3 is 2. The average Bonchev–Trinajstić information content (AvgIpc) is 2.74. The minimum Gasteiger partial charge on any atom is -0.354 e. The summed E-state index contributed by atoms with van der Waals surface area (Å²) in [4.78, 5) is 27.3. The number of carbonyl (C=O) groups excluding carboxylic acids is 1. The van der Waals surface area contributed by atoms with Gasteiger partial charge in [-0.2, -0.15) is 4.31 Å². The lowest BCUT2D eigenvalue weighted by Gasteiger charge is -2.22. The molecule has 2 aromatic rings. The van der Waals surface area contributed by atoms with E-state index in [2.05, 4.69) is 0 Å². The quantitative estimate of drug-likeness (QED) is 0.546. The Morgan fingerprint density at radius 1 is 1.17 bits per heavy atom. The van der Waals surface area contributed by atoms with Gasteiger partial charge >= 0.3 is 0 Å². The molecule has 1 aromatic heterocycles. The number of amides is 1. The molecule has 30 heavy (non-hydrogen) atoms. The molecule has 9 nitrogen and oxygen atoms in total. The van der Waals surface area contributed by atoms with Gasteiger partial charge in [-0.05, 0) is 18.2 Å². The standard InChI is InChI=1S/C20H29N3O6S/c1-7-23(8-2)30(26,27)14-9-10-17-15(11-14)19(24)16(12-21(17)3)20(25)22(4)13-18(28-5)29-6/h9-12,18H,7-8,13H2,1-6H3. The van der Waals surface area contributed by atoms with Gasteiger partial charge in [0, 0.05) is 53.0 Å². The predicted molar refractivity (Wildman–Crippen MR) is 114 cm³/mol. The van der Waals surface area contributed by atoms with E-state index in [0.717, 1.165) is 0 Å². The van der Waals surface area contributed by atoms with Gasteiger partial charge in [-0.1, -0.05) is 13.8 Å². The van der Waals surface area contributed by atoms with Gasteiger partial charge in [-0.25, -0.2) is 8.42 Å². The summed E-state index contributed by atoms with van der Waals surface area (Å²) >= 11 is 0. The summed E-state index contributed by atoms with van der Waals surface area (Å²) in [6.45, 7) is 4.27. The third-order valence-electron chi connectivity index (χ3n) is 5.03. The minimum atomic E-state index is -3.74. The summed E-state index contributed by atoms with van der Waals surface area (Å²) in [6.07, 6.45) is 0.825. The lowest BCUT2D eigenvalue weighted by Crippen LogP contribution is -2.38. The number of hydrogen-bond acceptors (Lipinski definition) is 6. The monoisotopic (exact) mass is 439 g/mol. The first kappa shape index (κ1) is 24.0. The Morgan fingerprint density at radius 3 is 2.30 bits per heavy atom. The van der Waals surface area contributed by atoms with Crippen LogP contribution in [0.15, 0.2) is 34.1 Å². The highest BCUT2D eigenvalue weighted by Crippen LogP contribution is 2.21.